The fourth-order valence-electron chi connectivity index (χ4n) is 4.31. The van der Waals surface area contributed by atoms with Gasteiger partial charge in [0.1, 0.15) is 17.4 Å². The Morgan fingerprint density at radius 2 is 1.76 bits per heavy atom. The summed E-state index contributed by atoms with van der Waals surface area (Å²) in [4.78, 5) is 26.2. The second-order valence-electron chi connectivity index (χ2n) is 8.32. The summed E-state index contributed by atoms with van der Waals surface area (Å²) in [6.45, 7) is 2.34. The summed E-state index contributed by atoms with van der Waals surface area (Å²) in [5.41, 5.74) is 1.49. The van der Waals surface area contributed by atoms with Gasteiger partial charge in [-0.05, 0) is 43.5 Å². The van der Waals surface area contributed by atoms with Crippen LogP contribution in [0.15, 0.2) is 48.5 Å². The second-order valence-corrected chi connectivity index (χ2v) is 8.32. The van der Waals surface area contributed by atoms with E-state index in [1.54, 1.807) is 29.2 Å². The molecule has 0 aliphatic carbocycles. The van der Waals surface area contributed by atoms with Gasteiger partial charge in [-0.25, -0.2) is 13.8 Å². The quantitative estimate of drug-likeness (QED) is 0.575. The summed E-state index contributed by atoms with van der Waals surface area (Å²) in [5.74, 6) is -0.149. The van der Waals surface area contributed by atoms with Gasteiger partial charge in [0.2, 0.25) is 11.8 Å². The molecule has 2 aliphatic heterocycles. The maximum absolute atomic E-state index is 14.2. The standard InChI is InChI=1S/C25H24F2N4O2/c26-17-7-6-8-18(15-17)33-23-20-16-31(24(32)19-9-2-3-10-21(19)27)14-11-22(20)28-25(29-23)30-12-4-1-5-13-30/h2-3,6-10,15H,1,4-5,11-14,16H2. The maximum atomic E-state index is 14.2. The molecule has 0 N–H and O–H groups in total. The Hall–Kier alpha value is -3.55. The molecule has 0 saturated carbocycles. The van der Waals surface area contributed by atoms with Crippen LogP contribution in [0.4, 0.5) is 14.7 Å². The van der Waals surface area contributed by atoms with Crippen LogP contribution in [0.3, 0.4) is 0 Å². The van der Waals surface area contributed by atoms with Gasteiger partial charge in [-0.1, -0.05) is 18.2 Å². The molecule has 2 aromatic carbocycles. The molecule has 0 unspecified atom stereocenters. The molecule has 3 aromatic rings. The Balaban J connectivity index is 1.50. The number of aromatic nitrogens is 2. The summed E-state index contributed by atoms with van der Waals surface area (Å²) in [6, 6.07) is 11.8. The van der Waals surface area contributed by atoms with Crippen LogP contribution < -0.4 is 9.64 Å². The van der Waals surface area contributed by atoms with E-state index in [-0.39, 0.29) is 12.1 Å². The number of carbonyl (C=O) groups excluding carboxylic acids is 1. The number of nitrogens with zero attached hydrogens (tertiary/aromatic N) is 4. The Kier molecular flexibility index (Phi) is 5.90. The molecular formula is C25H24F2N4O2. The highest BCUT2D eigenvalue weighted by atomic mass is 19.1. The van der Waals surface area contributed by atoms with Gasteiger partial charge in [0.25, 0.3) is 5.91 Å². The monoisotopic (exact) mass is 450 g/mol. The molecule has 1 aromatic heterocycles. The first-order valence-electron chi connectivity index (χ1n) is 11.2. The number of carbonyl (C=O) groups is 1. The predicted molar refractivity (Wildman–Crippen MR) is 119 cm³/mol. The molecule has 1 saturated heterocycles. The number of benzene rings is 2. The lowest BCUT2D eigenvalue weighted by Crippen LogP contribution is -2.38. The van der Waals surface area contributed by atoms with Gasteiger partial charge in [-0.2, -0.15) is 4.98 Å². The minimum atomic E-state index is -0.554. The van der Waals surface area contributed by atoms with Crippen LogP contribution in [0, 0.1) is 11.6 Å². The average Bonchev–Trinajstić information content (AvgIpc) is 2.84. The molecule has 8 heteroatoms. The Bertz CT molecular complexity index is 1180. The zero-order valence-electron chi connectivity index (χ0n) is 18.1. The molecule has 3 heterocycles. The number of hydrogen-bond donors (Lipinski definition) is 0. The van der Waals surface area contributed by atoms with Crippen molar-refractivity contribution in [3.05, 3.63) is 77.0 Å². The van der Waals surface area contributed by atoms with Crippen molar-refractivity contribution in [1.29, 1.82) is 0 Å². The van der Waals surface area contributed by atoms with E-state index in [0.29, 0.717) is 36.1 Å². The summed E-state index contributed by atoms with van der Waals surface area (Å²) in [6.07, 6.45) is 3.83. The van der Waals surface area contributed by atoms with Crippen molar-refractivity contribution in [1.82, 2.24) is 14.9 Å². The summed E-state index contributed by atoms with van der Waals surface area (Å²) >= 11 is 0. The van der Waals surface area contributed by atoms with Crippen LogP contribution in [0.1, 0.15) is 40.9 Å². The van der Waals surface area contributed by atoms with Gasteiger partial charge >= 0.3 is 0 Å². The minimum absolute atomic E-state index is 0.0272. The number of ether oxygens (including phenoxy) is 1. The first-order chi connectivity index (χ1) is 16.1. The van der Waals surface area contributed by atoms with Gasteiger partial charge in [-0.15, -0.1) is 0 Å². The molecule has 0 bridgehead atoms. The number of amides is 1. The van der Waals surface area contributed by atoms with Crippen LogP contribution in [0.25, 0.3) is 0 Å². The second kappa shape index (κ2) is 9.13. The van der Waals surface area contributed by atoms with E-state index in [9.17, 15) is 13.6 Å². The van der Waals surface area contributed by atoms with E-state index < -0.39 is 17.5 Å². The molecule has 170 valence electrons. The van der Waals surface area contributed by atoms with Crippen molar-refractivity contribution in [3.8, 4) is 11.6 Å². The van der Waals surface area contributed by atoms with Crippen LogP contribution >= 0.6 is 0 Å². The van der Waals surface area contributed by atoms with E-state index >= 15 is 0 Å². The van der Waals surface area contributed by atoms with Gasteiger partial charge in [0.05, 0.1) is 23.4 Å². The fraction of sp³-hybridized carbons (Fsp3) is 0.320. The number of piperidine rings is 1. The van der Waals surface area contributed by atoms with E-state index in [2.05, 4.69) is 9.88 Å². The van der Waals surface area contributed by atoms with Crippen molar-refractivity contribution in [2.45, 2.75) is 32.2 Å². The van der Waals surface area contributed by atoms with Crippen molar-refractivity contribution >= 4 is 11.9 Å². The average molecular weight is 450 g/mol. The fourth-order valence-corrected chi connectivity index (χ4v) is 4.31. The number of rotatable bonds is 4. The third-order valence-electron chi connectivity index (χ3n) is 6.05. The maximum Gasteiger partial charge on any atom is 0.257 e. The zero-order chi connectivity index (χ0) is 22.8. The highest BCUT2D eigenvalue weighted by Gasteiger charge is 2.29. The summed E-state index contributed by atoms with van der Waals surface area (Å²) < 4.78 is 34.0. The molecule has 0 radical (unpaired) electrons. The molecule has 0 atom stereocenters. The predicted octanol–water partition coefficient (Wildman–Crippen LogP) is 4.74. The lowest BCUT2D eigenvalue weighted by Gasteiger charge is -2.32. The largest absolute Gasteiger partial charge is 0.438 e. The normalized spacial score (nSPS) is 15.8. The first-order valence-corrected chi connectivity index (χ1v) is 11.2. The highest BCUT2D eigenvalue weighted by Crippen LogP contribution is 2.33. The van der Waals surface area contributed by atoms with Crippen LogP contribution in [0.5, 0.6) is 11.6 Å². The van der Waals surface area contributed by atoms with Crippen molar-refractivity contribution < 1.29 is 18.3 Å². The lowest BCUT2D eigenvalue weighted by molar-refractivity contribution is 0.0727. The molecule has 1 fully saturated rings. The topological polar surface area (TPSA) is 58.6 Å². The van der Waals surface area contributed by atoms with Gasteiger partial charge in [0, 0.05) is 32.1 Å². The minimum Gasteiger partial charge on any atom is -0.438 e. The molecule has 0 spiro atoms. The van der Waals surface area contributed by atoms with Crippen LogP contribution in [-0.2, 0) is 13.0 Å². The number of halogens is 2. The van der Waals surface area contributed by atoms with Gasteiger partial charge < -0.3 is 14.5 Å². The molecular weight excluding hydrogens is 426 g/mol. The first kappa shape index (κ1) is 21.3. The molecule has 1 amide bonds. The van der Waals surface area contributed by atoms with Crippen molar-refractivity contribution in [2.24, 2.45) is 0 Å². The van der Waals surface area contributed by atoms with E-state index in [4.69, 9.17) is 9.72 Å². The Morgan fingerprint density at radius 3 is 2.55 bits per heavy atom. The Morgan fingerprint density at radius 1 is 0.939 bits per heavy atom. The van der Waals surface area contributed by atoms with Gasteiger partial charge in [0.15, 0.2) is 0 Å². The van der Waals surface area contributed by atoms with E-state index in [0.717, 1.165) is 31.6 Å². The Labute approximate surface area is 190 Å². The van der Waals surface area contributed by atoms with Crippen LogP contribution in [-0.4, -0.2) is 40.4 Å². The zero-order valence-corrected chi connectivity index (χ0v) is 18.1. The third-order valence-corrected chi connectivity index (χ3v) is 6.05. The number of hydrogen-bond acceptors (Lipinski definition) is 5. The smallest absolute Gasteiger partial charge is 0.257 e. The summed E-state index contributed by atoms with van der Waals surface area (Å²) in [7, 11) is 0. The molecule has 6 nitrogen and oxygen atoms in total. The third kappa shape index (κ3) is 4.51. The van der Waals surface area contributed by atoms with Crippen molar-refractivity contribution in [3.63, 3.8) is 0 Å². The highest BCUT2D eigenvalue weighted by molar-refractivity contribution is 5.94. The molecule has 5 rings (SSSR count). The summed E-state index contributed by atoms with van der Waals surface area (Å²) in [5, 5.41) is 0. The number of anilines is 1. The van der Waals surface area contributed by atoms with Gasteiger partial charge in [-0.3, -0.25) is 4.79 Å². The van der Waals surface area contributed by atoms with E-state index in [1.807, 2.05) is 0 Å². The lowest BCUT2D eigenvalue weighted by atomic mass is 10.0. The molecule has 2 aliphatic rings. The molecule has 33 heavy (non-hydrogen) atoms. The number of fused-ring (bicyclic) bond motifs is 1. The van der Waals surface area contributed by atoms with Crippen LogP contribution in [0.2, 0.25) is 0 Å². The SMILES string of the molecule is O=C(c1ccccc1F)N1CCc2nc(N3CCCCC3)nc(Oc3cccc(F)c3)c2C1. The van der Waals surface area contributed by atoms with Crippen molar-refractivity contribution in [2.75, 3.05) is 24.5 Å². The van der Waals surface area contributed by atoms with E-state index in [1.165, 1.54) is 30.7 Å².